The number of methoxy groups -OCH3 is 1. The molecule has 0 radical (unpaired) electrons. The normalized spacial score (nSPS) is 21.5. The van der Waals surface area contributed by atoms with E-state index in [2.05, 4.69) is 5.32 Å². The molecule has 2 aromatic carbocycles. The lowest BCUT2D eigenvalue weighted by Gasteiger charge is -2.29. The largest absolute Gasteiger partial charge is 0.497 e. The van der Waals surface area contributed by atoms with E-state index in [1.165, 1.54) is 25.3 Å². The van der Waals surface area contributed by atoms with Crippen molar-refractivity contribution >= 4 is 17.7 Å². The van der Waals surface area contributed by atoms with Crippen molar-refractivity contribution in [3.63, 3.8) is 0 Å². The number of hydrogen-bond donors (Lipinski definition) is 1. The highest BCUT2D eigenvalue weighted by atomic mass is 19.1. The summed E-state index contributed by atoms with van der Waals surface area (Å²) < 4.78 is 33.5. The van der Waals surface area contributed by atoms with Crippen molar-refractivity contribution in [2.45, 2.75) is 32.0 Å². The van der Waals surface area contributed by atoms with Gasteiger partial charge in [-0.25, -0.2) is 4.39 Å². The van der Waals surface area contributed by atoms with Crippen molar-refractivity contribution in [1.82, 2.24) is 10.2 Å². The van der Waals surface area contributed by atoms with Crippen molar-refractivity contribution in [2.24, 2.45) is 0 Å². The minimum atomic E-state index is -1.87. The Kier molecular flexibility index (Phi) is 4.59. The molecule has 2 aliphatic heterocycles. The third-order valence-electron chi connectivity index (χ3n) is 4.99. The second-order valence-electron chi connectivity index (χ2n) is 6.74. The van der Waals surface area contributed by atoms with Crippen LogP contribution in [-0.4, -0.2) is 35.7 Å². The summed E-state index contributed by atoms with van der Waals surface area (Å²) in [5.41, 5.74) is 1.12. The number of nitrogens with zero attached hydrogens (tertiary/aromatic N) is 1. The Labute approximate surface area is 167 Å². The topological polar surface area (TPSA) is 84.9 Å². The number of ether oxygens (including phenoxy) is 2. The van der Waals surface area contributed by atoms with E-state index in [1.54, 1.807) is 18.2 Å². The Morgan fingerprint density at radius 2 is 2.10 bits per heavy atom. The number of benzene rings is 2. The van der Waals surface area contributed by atoms with Crippen LogP contribution in [0.4, 0.5) is 4.39 Å². The van der Waals surface area contributed by atoms with Crippen molar-refractivity contribution in [2.75, 3.05) is 7.11 Å². The Morgan fingerprint density at radius 3 is 2.86 bits per heavy atom. The maximum atomic E-state index is 14.1. The SMILES string of the molecule is [2H][C@]1(N2Cc3c(OCc4cc(OC)ccc4F)cccc3C2=O)CCC(=O)NC1=O. The van der Waals surface area contributed by atoms with Crippen molar-refractivity contribution in [3.8, 4) is 11.5 Å². The van der Waals surface area contributed by atoms with Crippen LogP contribution in [-0.2, 0) is 22.7 Å². The van der Waals surface area contributed by atoms with Gasteiger partial charge >= 0.3 is 0 Å². The van der Waals surface area contributed by atoms with Gasteiger partial charge in [0.2, 0.25) is 11.8 Å². The number of amides is 3. The minimum Gasteiger partial charge on any atom is -0.497 e. The molecule has 0 bridgehead atoms. The van der Waals surface area contributed by atoms with Gasteiger partial charge in [-0.3, -0.25) is 19.7 Å². The average molecular weight is 399 g/mol. The lowest BCUT2D eigenvalue weighted by atomic mass is 10.0. The summed E-state index contributed by atoms with van der Waals surface area (Å²) in [6, 6.07) is 7.30. The minimum absolute atomic E-state index is 0.0178. The highest BCUT2D eigenvalue weighted by molar-refractivity contribution is 6.05. The average Bonchev–Trinajstić information content (AvgIpc) is 3.08. The van der Waals surface area contributed by atoms with E-state index < -0.39 is 29.6 Å². The smallest absolute Gasteiger partial charge is 0.255 e. The first-order chi connectivity index (χ1) is 14.3. The molecule has 2 aliphatic rings. The number of imide groups is 1. The zero-order valence-electron chi connectivity index (χ0n) is 16.7. The highest BCUT2D eigenvalue weighted by Gasteiger charge is 2.40. The number of piperidine rings is 1. The second-order valence-corrected chi connectivity index (χ2v) is 6.74. The van der Waals surface area contributed by atoms with Gasteiger partial charge in [0.05, 0.1) is 15.0 Å². The van der Waals surface area contributed by atoms with Gasteiger partial charge in [-0.15, -0.1) is 0 Å². The van der Waals surface area contributed by atoms with Gasteiger partial charge in [0.1, 0.15) is 29.9 Å². The van der Waals surface area contributed by atoms with Crippen LogP contribution in [0.1, 0.15) is 35.7 Å². The number of carbonyl (C=O) groups excluding carboxylic acids is 3. The Balaban J connectivity index is 1.58. The molecule has 1 atom stereocenters. The number of nitrogens with one attached hydrogen (secondary N) is 1. The molecule has 150 valence electrons. The molecule has 2 aromatic rings. The summed E-state index contributed by atoms with van der Waals surface area (Å²) in [5, 5.41) is 2.13. The van der Waals surface area contributed by atoms with Crippen molar-refractivity contribution in [1.29, 1.82) is 0 Å². The Bertz CT molecular complexity index is 1060. The maximum absolute atomic E-state index is 14.1. The van der Waals surface area contributed by atoms with E-state index in [0.717, 1.165) is 4.90 Å². The van der Waals surface area contributed by atoms with Gasteiger partial charge in [0, 0.05) is 23.1 Å². The summed E-state index contributed by atoms with van der Waals surface area (Å²) >= 11 is 0. The van der Waals surface area contributed by atoms with Crippen LogP contribution >= 0.6 is 0 Å². The molecule has 1 N–H and O–H groups in total. The molecule has 0 saturated carbocycles. The van der Waals surface area contributed by atoms with E-state index in [0.29, 0.717) is 22.6 Å². The molecule has 7 nitrogen and oxygen atoms in total. The molecule has 2 heterocycles. The van der Waals surface area contributed by atoms with Crippen LogP contribution < -0.4 is 14.8 Å². The number of hydrogen-bond acceptors (Lipinski definition) is 5. The second kappa shape index (κ2) is 7.54. The fourth-order valence-corrected chi connectivity index (χ4v) is 3.47. The van der Waals surface area contributed by atoms with Crippen LogP contribution in [0.15, 0.2) is 36.4 Å². The molecule has 29 heavy (non-hydrogen) atoms. The van der Waals surface area contributed by atoms with Crippen LogP contribution in [0, 0.1) is 5.82 Å². The van der Waals surface area contributed by atoms with E-state index in [9.17, 15) is 18.8 Å². The van der Waals surface area contributed by atoms with Crippen LogP contribution in [0.3, 0.4) is 0 Å². The first kappa shape index (κ1) is 17.7. The summed E-state index contributed by atoms with van der Waals surface area (Å²) in [4.78, 5) is 37.8. The fraction of sp³-hybridized carbons (Fsp3) is 0.286. The van der Waals surface area contributed by atoms with E-state index >= 15 is 0 Å². The number of carbonyl (C=O) groups is 3. The van der Waals surface area contributed by atoms with Gasteiger partial charge in [0.15, 0.2) is 0 Å². The summed E-state index contributed by atoms with van der Waals surface area (Å²) in [6.07, 6.45) is -0.101. The van der Waals surface area contributed by atoms with E-state index in [1.807, 2.05) is 0 Å². The van der Waals surface area contributed by atoms with Crippen LogP contribution in [0.2, 0.25) is 0 Å². The number of fused-ring (bicyclic) bond motifs is 1. The quantitative estimate of drug-likeness (QED) is 0.779. The summed E-state index contributed by atoms with van der Waals surface area (Å²) in [6.45, 7) is -0.106. The fourth-order valence-electron chi connectivity index (χ4n) is 3.47. The van der Waals surface area contributed by atoms with Crippen LogP contribution in [0.5, 0.6) is 11.5 Å². The van der Waals surface area contributed by atoms with Crippen molar-refractivity contribution < 1.29 is 29.6 Å². The monoisotopic (exact) mass is 399 g/mol. The Morgan fingerprint density at radius 1 is 1.28 bits per heavy atom. The number of halogens is 1. The molecule has 0 aromatic heterocycles. The lowest BCUT2D eigenvalue weighted by Crippen LogP contribution is -2.52. The van der Waals surface area contributed by atoms with Gasteiger partial charge < -0.3 is 14.4 Å². The summed E-state index contributed by atoms with van der Waals surface area (Å²) in [7, 11) is 1.48. The van der Waals surface area contributed by atoms with Crippen molar-refractivity contribution in [3.05, 3.63) is 58.9 Å². The van der Waals surface area contributed by atoms with Gasteiger partial charge in [-0.05, 0) is 36.8 Å². The predicted molar refractivity (Wildman–Crippen MR) is 99.8 cm³/mol. The molecule has 3 amide bonds. The lowest BCUT2D eigenvalue weighted by molar-refractivity contribution is -0.136. The van der Waals surface area contributed by atoms with E-state index in [4.69, 9.17) is 10.8 Å². The number of rotatable bonds is 5. The third kappa shape index (κ3) is 3.53. The summed E-state index contributed by atoms with van der Waals surface area (Å²) in [5.74, 6) is -1.36. The highest BCUT2D eigenvalue weighted by Crippen LogP contribution is 2.34. The first-order valence-electron chi connectivity index (χ1n) is 9.57. The van der Waals surface area contributed by atoms with Crippen LogP contribution in [0.25, 0.3) is 0 Å². The molecule has 1 saturated heterocycles. The predicted octanol–water partition coefficient (Wildman–Crippen LogP) is 2.17. The molecule has 0 aliphatic carbocycles. The molecule has 0 spiro atoms. The molecular weight excluding hydrogens is 379 g/mol. The third-order valence-corrected chi connectivity index (χ3v) is 4.99. The molecular formula is C21H19FN2O5. The van der Waals surface area contributed by atoms with Gasteiger partial charge in [0.25, 0.3) is 5.91 Å². The Hall–Kier alpha value is -3.42. The van der Waals surface area contributed by atoms with Gasteiger partial charge in [-0.2, -0.15) is 0 Å². The zero-order chi connectivity index (χ0) is 21.5. The zero-order valence-corrected chi connectivity index (χ0v) is 15.7. The van der Waals surface area contributed by atoms with E-state index in [-0.39, 0.29) is 31.6 Å². The molecule has 8 heteroatoms. The maximum Gasteiger partial charge on any atom is 0.255 e. The standard InChI is InChI=1S/C21H19FN2O5/c1-28-13-5-6-16(22)12(9-13)11-29-18-4-2-3-14-15(18)10-24(21(14)27)17-7-8-19(25)23-20(17)26/h2-6,9,17H,7-8,10-11H2,1H3,(H,23,25,26)/t17-/m0/s1/i17D. The van der Waals surface area contributed by atoms with Gasteiger partial charge in [-0.1, -0.05) is 6.07 Å². The molecule has 1 fully saturated rings. The molecule has 4 rings (SSSR count). The first-order valence-corrected chi connectivity index (χ1v) is 9.07. The molecule has 0 unspecified atom stereocenters.